The maximum Gasteiger partial charge on any atom is 0.142 e. The highest BCUT2D eigenvalue weighted by Crippen LogP contribution is 2.22. The van der Waals surface area contributed by atoms with Crippen molar-refractivity contribution in [2.75, 3.05) is 5.73 Å². The summed E-state index contributed by atoms with van der Waals surface area (Å²) in [6, 6.07) is 4.64. The lowest BCUT2D eigenvalue weighted by Crippen LogP contribution is -1.98. The van der Waals surface area contributed by atoms with Crippen molar-refractivity contribution in [3.8, 4) is 11.4 Å². The number of hydrogen-bond donors (Lipinski definition) is 1. The number of nitrogens with zero attached hydrogens (tertiary/aromatic N) is 2. The van der Waals surface area contributed by atoms with Gasteiger partial charge in [0.2, 0.25) is 0 Å². The fraction of sp³-hybridized carbons (Fsp3) is 0.182. The van der Waals surface area contributed by atoms with E-state index in [-0.39, 0.29) is 5.82 Å². The number of imidazole rings is 1. The molecular formula is C11H12FN3. The molecule has 0 aliphatic heterocycles. The Labute approximate surface area is 87.4 Å². The molecule has 0 unspecified atom stereocenters. The Morgan fingerprint density at radius 3 is 2.93 bits per heavy atom. The maximum absolute atomic E-state index is 13.6. The van der Waals surface area contributed by atoms with Crippen LogP contribution in [0.25, 0.3) is 11.4 Å². The van der Waals surface area contributed by atoms with Crippen molar-refractivity contribution < 1.29 is 4.39 Å². The summed E-state index contributed by atoms with van der Waals surface area (Å²) in [6.07, 6.45) is 3.49. The van der Waals surface area contributed by atoms with Crippen molar-refractivity contribution in [1.82, 2.24) is 9.55 Å². The Balaban J connectivity index is 2.54. The summed E-state index contributed by atoms with van der Waals surface area (Å²) in [7, 11) is 0. The number of rotatable bonds is 2. The molecule has 0 bridgehead atoms. The molecule has 0 saturated heterocycles. The number of hydrogen-bond acceptors (Lipinski definition) is 2. The third-order valence-corrected chi connectivity index (χ3v) is 2.29. The summed E-state index contributed by atoms with van der Waals surface area (Å²) in [4.78, 5) is 4.13. The molecule has 78 valence electrons. The first-order chi connectivity index (χ1) is 7.22. The zero-order valence-corrected chi connectivity index (χ0v) is 8.44. The number of aryl methyl sites for hydroxylation is 1. The van der Waals surface area contributed by atoms with E-state index in [0.717, 1.165) is 6.54 Å². The van der Waals surface area contributed by atoms with E-state index >= 15 is 0 Å². The van der Waals surface area contributed by atoms with Gasteiger partial charge in [-0.3, -0.25) is 0 Å². The van der Waals surface area contributed by atoms with Gasteiger partial charge in [-0.15, -0.1) is 0 Å². The standard InChI is InChI=1S/C11H12FN3/c1-2-15-6-5-14-11(15)9-4-3-8(13)7-10(9)12/h3-7H,2,13H2,1H3. The normalized spacial score (nSPS) is 10.5. The molecule has 0 saturated carbocycles. The fourth-order valence-corrected chi connectivity index (χ4v) is 1.52. The maximum atomic E-state index is 13.6. The van der Waals surface area contributed by atoms with Crippen molar-refractivity contribution >= 4 is 5.69 Å². The lowest BCUT2D eigenvalue weighted by atomic mass is 10.2. The van der Waals surface area contributed by atoms with E-state index in [4.69, 9.17) is 5.73 Å². The van der Waals surface area contributed by atoms with Crippen molar-refractivity contribution in [1.29, 1.82) is 0 Å². The monoisotopic (exact) mass is 205 g/mol. The predicted octanol–water partition coefficient (Wildman–Crippen LogP) is 2.29. The second-order valence-electron chi connectivity index (χ2n) is 3.28. The van der Waals surface area contributed by atoms with Crippen LogP contribution in [0.4, 0.5) is 10.1 Å². The van der Waals surface area contributed by atoms with Gasteiger partial charge in [-0.25, -0.2) is 9.37 Å². The third-order valence-electron chi connectivity index (χ3n) is 2.29. The fourth-order valence-electron chi connectivity index (χ4n) is 1.52. The zero-order chi connectivity index (χ0) is 10.8. The first-order valence-corrected chi connectivity index (χ1v) is 4.79. The van der Waals surface area contributed by atoms with Crippen LogP contribution in [0.15, 0.2) is 30.6 Å². The smallest absolute Gasteiger partial charge is 0.142 e. The van der Waals surface area contributed by atoms with E-state index in [2.05, 4.69) is 4.98 Å². The Bertz CT molecular complexity index is 476. The van der Waals surface area contributed by atoms with E-state index in [1.54, 1.807) is 18.3 Å². The Morgan fingerprint density at radius 1 is 1.47 bits per heavy atom. The lowest BCUT2D eigenvalue weighted by molar-refractivity contribution is 0.628. The van der Waals surface area contributed by atoms with E-state index in [1.807, 2.05) is 17.7 Å². The van der Waals surface area contributed by atoms with Crippen LogP contribution in [0.5, 0.6) is 0 Å². The van der Waals surface area contributed by atoms with Crippen LogP contribution in [0.3, 0.4) is 0 Å². The molecule has 2 N–H and O–H groups in total. The topological polar surface area (TPSA) is 43.8 Å². The van der Waals surface area contributed by atoms with Gasteiger partial charge in [-0.1, -0.05) is 0 Å². The lowest BCUT2D eigenvalue weighted by Gasteiger charge is -2.06. The molecule has 1 aromatic heterocycles. The van der Waals surface area contributed by atoms with E-state index in [0.29, 0.717) is 17.1 Å². The summed E-state index contributed by atoms with van der Waals surface area (Å²) in [5, 5.41) is 0. The Hall–Kier alpha value is -1.84. The van der Waals surface area contributed by atoms with Crippen molar-refractivity contribution in [3.05, 3.63) is 36.4 Å². The molecule has 0 fully saturated rings. The SMILES string of the molecule is CCn1ccnc1-c1ccc(N)cc1F. The summed E-state index contributed by atoms with van der Waals surface area (Å²) in [5.74, 6) is 0.297. The average Bonchev–Trinajstić information content (AvgIpc) is 2.65. The second-order valence-corrected chi connectivity index (χ2v) is 3.28. The Kier molecular flexibility index (Phi) is 2.41. The third kappa shape index (κ3) is 1.70. The molecular weight excluding hydrogens is 193 g/mol. The van der Waals surface area contributed by atoms with Crippen molar-refractivity contribution in [3.63, 3.8) is 0 Å². The van der Waals surface area contributed by atoms with Crippen LogP contribution in [-0.4, -0.2) is 9.55 Å². The molecule has 1 aromatic carbocycles. The Morgan fingerprint density at radius 2 is 2.27 bits per heavy atom. The highest BCUT2D eigenvalue weighted by atomic mass is 19.1. The van der Waals surface area contributed by atoms with Gasteiger partial charge in [0.25, 0.3) is 0 Å². The molecule has 0 aliphatic rings. The number of benzene rings is 1. The quantitative estimate of drug-likeness (QED) is 0.764. The van der Waals surface area contributed by atoms with Crippen LogP contribution in [-0.2, 0) is 6.54 Å². The summed E-state index contributed by atoms with van der Waals surface area (Å²) >= 11 is 0. The minimum absolute atomic E-state index is 0.337. The first-order valence-electron chi connectivity index (χ1n) is 4.79. The average molecular weight is 205 g/mol. The predicted molar refractivity (Wildman–Crippen MR) is 57.7 cm³/mol. The molecule has 2 rings (SSSR count). The van der Waals surface area contributed by atoms with Crippen LogP contribution < -0.4 is 5.73 Å². The van der Waals surface area contributed by atoms with Gasteiger partial charge in [0.15, 0.2) is 0 Å². The first kappa shape index (κ1) is 9.71. The molecule has 0 aliphatic carbocycles. The van der Waals surface area contributed by atoms with Gasteiger partial charge in [0, 0.05) is 24.6 Å². The highest BCUT2D eigenvalue weighted by Gasteiger charge is 2.09. The van der Waals surface area contributed by atoms with Gasteiger partial charge in [-0.2, -0.15) is 0 Å². The number of aromatic nitrogens is 2. The van der Waals surface area contributed by atoms with E-state index in [1.165, 1.54) is 6.07 Å². The summed E-state index contributed by atoms with van der Waals surface area (Å²) < 4.78 is 15.5. The van der Waals surface area contributed by atoms with Crippen molar-refractivity contribution in [2.45, 2.75) is 13.5 Å². The number of nitrogens with two attached hydrogens (primary N) is 1. The van der Waals surface area contributed by atoms with E-state index < -0.39 is 0 Å². The molecule has 3 nitrogen and oxygen atoms in total. The van der Waals surface area contributed by atoms with Gasteiger partial charge < -0.3 is 10.3 Å². The number of halogens is 1. The van der Waals surface area contributed by atoms with Crippen LogP contribution in [0.2, 0.25) is 0 Å². The number of nitrogen functional groups attached to an aromatic ring is 1. The molecule has 0 amide bonds. The minimum Gasteiger partial charge on any atom is -0.399 e. The summed E-state index contributed by atoms with van der Waals surface area (Å²) in [5.41, 5.74) is 6.39. The molecule has 4 heteroatoms. The van der Waals surface area contributed by atoms with Gasteiger partial charge in [0.05, 0.1) is 5.56 Å². The minimum atomic E-state index is -0.337. The molecule has 0 radical (unpaired) electrons. The second kappa shape index (κ2) is 3.73. The van der Waals surface area contributed by atoms with Gasteiger partial charge >= 0.3 is 0 Å². The molecule has 15 heavy (non-hydrogen) atoms. The molecule has 0 spiro atoms. The highest BCUT2D eigenvalue weighted by molar-refractivity contribution is 5.60. The van der Waals surface area contributed by atoms with E-state index in [9.17, 15) is 4.39 Å². The number of anilines is 1. The van der Waals surface area contributed by atoms with Gasteiger partial charge in [-0.05, 0) is 25.1 Å². The largest absolute Gasteiger partial charge is 0.399 e. The van der Waals surface area contributed by atoms with Crippen LogP contribution in [0.1, 0.15) is 6.92 Å². The molecule has 0 atom stereocenters. The van der Waals surface area contributed by atoms with Crippen LogP contribution in [0, 0.1) is 5.82 Å². The summed E-state index contributed by atoms with van der Waals surface area (Å²) in [6.45, 7) is 2.75. The molecule has 1 heterocycles. The van der Waals surface area contributed by atoms with Crippen molar-refractivity contribution in [2.24, 2.45) is 0 Å². The zero-order valence-electron chi connectivity index (χ0n) is 8.44. The van der Waals surface area contributed by atoms with Gasteiger partial charge in [0.1, 0.15) is 11.6 Å². The van der Waals surface area contributed by atoms with Crippen LogP contribution >= 0.6 is 0 Å². The molecule has 2 aromatic rings.